The minimum absolute atomic E-state index is 0.170. The Kier molecular flexibility index (Phi) is 3.28. The van der Waals surface area contributed by atoms with Gasteiger partial charge in [-0.3, -0.25) is 4.79 Å². The second kappa shape index (κ2) is 4.43. The van der Waals surface area contributed by atoms with Gasteiger partial charge in [0.05, 0.1) is 5.56 Å². The average Bonchev–Trinajstić information content (AvgIpc) is 2.71. The number of carbonyl (C=O) groups excluding carboxylic acids is 1. The van der Waals surface area contributed by atoms with Crippen molar-refractivity contribution in [3.8, 4) is 0 Å². The summed E-state index contributed by atoms with van der Waals surface area (Å²) in [4.78, 5) is 11.2. The van der Waals surface area contributed by atoms with Crippen LogP contribution < -0.4 is 0 Å². The maximum atomic E-state index is 11.2. The van der Waals surface area contributed by atoms with E-state index in [2.05, 4.69) is 32.9 Å². The Morgan fingerprint density at radius 1 is 1.41 bits per heavy atom. The first kappa shape index (κ1) is 12.6. The van der Waals surface area contributed by atoms with Gasteiger partial charge in [0, 0.05) is 15.5 Å². The number of thiophene rings is 1. The molecule has 0 N–H and O–H groups in total. The first-order valence-electron chi connectivity index (χ1n) is 5.67. The Morgan fingerprint density at radius 3 is 2.71 bits per heavy atom. The molecule has 90 valence electrons. The molecule has 0 atom stereocenters. The normalized spacial score (nSPS) is 12.0. The molecule has 17 heavy (non-hydrogen) atoms. The summed E-state index contributed by atoms with van der Waals surface area (Å²) in [7, 11) is 0. The van der Waals surface area contributed by atoms with E-state index in [1.54, 1.807) is 11.3 Å². The van der Waals surface area contributed by atoms with Crippen molar-refractivity contribution >= 4 is 38.3 Å². The monoisotopic (exact) mass is 266 g/mol. The first-order valence-corrected chi connectivity index (χ1v) is 6.93. The highest BCUT2D eigenvalue weighted by Crippen LogP contribution is 2.33. The van der Waals surface area contributed by atoms with Gasteiger partial charge in [-0.15, -0.1) is 11.3 Å². The molecule has 0 aliphatic heterocycles. The molecule has 0 amide bonds. The van der Waals surface area contributed by atoms with Gasteiger partial charge >= 0.3 is 0 Å². The molecule has 3 heteroatoms. The second-order valence-electron chi connectivity index (χ2n) is 4.87. The van der Waals surface area contributed by atoms with Crippen molar-refractivity contribution in [3.63, 3.8) is 0 Å². The zero-order chi connectivity index (χ0) is 12.6. The van der Waals surface area contributed by atoms with Crippen molar-refractivity contribution in [2.75, 3.05) is 0 Å². The van der Waals surface area contributed by atoms with Gasteiger partial charge in [-0.05, 0) is 35.1 Å². The summed E-state index contributed by atoms with van der Waals surface area (Å²) >= 11 is 7.13. The molecule has 1 nitrogen and oxygen atoms in total. The SMILES string of the molecule is CCC(C)(C)c1ccc2c(C(=O)Cl)csc2c1. The van der Waals surface area contributed by atoms with E-state index in [0.717, 1.165) is 16.5 Å². The molecule has 1 aromatic heterocycles. The third-order valence-corrected chi connectivity index (χ3v) is 4.60. The fourth-order valence-electron chi connectivity index (χ4n) is 1.81. The summed E-state index contributed by atoms with van der Waals surface area (Å²) in [6.07, 6.45) is 1.09. The molecule has 0 radical (unpaired) electrons. The lowest BCUT2D eigenvalue weighted by Gasteiger charge is -2.23. The smallest absolute Gasteiger partial charge is 0.253 e. The van der Waals surface area contributed by atoms with Gasteiger partial charge < -0.3 is 0 Å². The molecule has 0 aliphatic carbocycles. The molecule has 0 saturated heterocycles. The number of carbonyl (C=O) groups is 1. The van der Waals surface area contributed by atoms with Crippen molar-refractivity contribution in [2.24, 2.45) is 0 Å². The van der Waals surface area contributed by atoms with Gasteiger partial charge in [0.25, 0.3) is 5.24 Å². The highest BCUT2D eigenvalue weighted by molar-refractivity contribution is 7.17. The van der Waals surface area contributed by atoms with Gasteiger partial charge in [-0.1, -0.05) is 32.9 Å². The lowest BCUT2D eigenvalue weighted by Crippen LogP contribution is -2.14. The number of fused-ring (bicyclic) bond motifs is 1. The summed E-state index contributed by atoms with van der Waals surface area (Å²) in [6.45, 7) is 6.65. The number of benzene rings is 1. The first-order chi connectivity index (χ1) is 7.95. The second-order valence-corrected chi connectivity index (χ2v) is 6.13. The van der Waals surface area contributed by atoms with E-state index in [9.17, 15) is 4.79 Å². The highest BCUT2D eigenvalue weighted by Gasteiger charge is 2.19. The van der Waals surface area contributed by atoms with Crippen LogP contribution in [0.1, 0.15) is 43.1 Å². The number of hydrogen-bond acceptors (Lipinski definition) is 2. The quantitative estimate of drug-likeness (QED) is 0.717. The summed E-state index contributed by atoms with van der Waals surface area (Å²) in [6, 6.07) is 6.28. The molecule has 0 fully saturated rings. The van der Waals surface area contributed by atoms with Crippen LogP contribution in [0, 0.1) is 0 Å². The van der Waals surface area contributed by atoms with Gasteiger partial charge in [0.2, 0.25) is 0 Å². The van der Waals surface area contributed by atoms with Gasteiger partial charge in [0.15, 0.2) is 0 Å². The van der Waals surface area contributed by atoms with Crippen LogP contribution in [0.4, 0.5) is 0 Å². The summed E-state index contributed by atoms with van der Waals surface area (Å²) in [5, 5.41) is 2.42. The van der Waals surface area contributed by atoms with Crippen LogP contribution in [0.3, 0.4) is 0 Å². The Balaban J connectivity index is 2.57. The Hall–Kier alpha value is -0.860. The van der Waals surface area contributed by atoms with Crippen molar-refractivity contribution < 1.29 is 4.79 Å². The lowest BCUT2D eigenvalue weighted by atomic mass is 9.82. The van der Waals surface area contributed by atoms with E-state index >= 15 is 0 Å². The van der Waals surface area contributed by atoms with E-state index in [1.807, 2.05) is 11.4 Å². The summed E-state index contributed by atoms with van der Waals surface area (Å²) in [5.74, 6) is 0. The minimum atomic E-state index is -0.376. The molecular weight excluding hydrogens is 252 g/mol. The van der Waals surface area contributed by atoms with Gasteiger partial charge in [0.1, 0.15) is 0 Å². The van der Waals surface area contributed by atoms with Crippen LogP contribution >= 0.6 is 22.9 Å². The molecule has 2 rings (SSSR count). The Labute approximate surface area is 110 Å². The maximum Gasteiger partial charge on any atom is 0.253 e. The maximum absolute atomic E-state index is 11.2. The molecule has 0 aliphatic rings. The lowest BCUT2D eigenvalue weighted by molar-refractivity contribution is 0.108. The summed E-state index contributed by atoms with van der Waals surface area (Å²) in [5.41, 5.74) is 2.10. The highest BCUT2D eigenvalue weighted by atomic mass is 35.5. The van der Waals surface area contributed by atoms with Crippen LogP contribution in [-0.2, 0) is 5.41 Å². The number of hydrogen-bond donors (Lipinski definition) is 0. The zero-order valence-electron chi connectivity index (χ0n) is 10.2. The van der Waals surface area contributed by atoms with Crippen LogP contribution in [0.5, 0.6) is 0 Å². The van der Waals surface area contributed by atoms with Crippen molar-refractivity contribution in [2.45, 2.75) is 32.6 Å². The van der Waals surface area contributed by atoms with E-state index in [0.29, 0.717) is 5.56 Å². The van der Waals surface area contributed by atoms with Crippen molar-refractivity contribution in [3.05, 3.63) is 34.7 Å². The fourth-order valence-corrected chi connectivity index (χ4v) is 3.01. The Morgan fingerprint density at radius 2 is 2.12 bits per heavy atom. The minimum Gasteiger partial charge on any atom is -0.276 e. The molecule has 0 saturated carbocycles. The topological polar surface area (TPSA) is 17.1 Å². The predicted molar refractivity (Wildman–Crippen MR) is 75.3 cm³/mol. The largest absolute Gasteiger partial charge is 0.276 e. The van der Waals surface area contributed by atoms with Crippen LogP contribution in [-0.4, -0.2) is 5.24 Å². The third-order valence-electron chi connectivity index (χ3n) is 3.45. The van der Waals surface area contributed by atoms with Crippen molar-refractivity contribution in [1.29, 1.82) is 0 Å². The molecule has 0 unspecified atom stereocenters. The van der Waals surface area contributed by atoms with E-state index < -0.39 is 0 Å². The van der Waals surface area contributed by atoms with Gasteiger partial charge in [-0.2, -0.15) is 0 Å². The fraction of sp³-hybridized carbons (Fsp3) is 0.357. The molecule has 2 aromatic rings. The van der Waals surface area contributed by atoms with Crippen LogP contribution in [0.2, 0.25) is 0 Å². The third kappa shape index (κ3) is 2.24. The number of halogens is 1. The van der Waals surface area contributed by atoms with E-state index in [4.69, 9.17) is 11.6 Å². The molecule has 1 aromatic carbocycles. The predicted octanol–water partition coefficient (Wildman–Crippen LogP) is 4.97. The van der Waals surface area contributed by atoms with Gasteiger partial charge in [-0.25, -0.2) is 0 Å². The van der Waals surface area contributed by atoms with E-state index in [1.165, 1.54) is 5.56 Å². The standard InChI is InChI=1S/C14H15ClOS/c1-4-14(2,3)9-5-6-10-11(13(15)16)8-17-12(10)7-9/h5-8H,4H2,1-3H3. The molecular formula is C14H15ClOS. The summed E-state index contributed by atoms with van der Waals surface area (Å²) < 4.78 is 1.13. The molecule has 1 heterocycles. The van der Waals surface area contributed by atoms with Crippen LogP contribution in [0.25, 0.3) is 10.1 Å². The van der Waals surface area contributed by atoms with Crippen LogP contribution in [0.15, 0.2) is 23.6 Å². The molecule has 0 bridgehead atoms. The van der Waals surface area contributed by atoms with Crippen molar-refractivity contribution in [1.82, 2.24) is 0 Å². The van der Waals surface area contributed by atoms with E-state index in [-0.39, 0.29) is 10.7 Å². The molecule has 0 spiro atoms. The average molecular weight is 267 g/mol. The zero-order valence-corrected chi connectivity index (χ0v) is 11.8. The number of rotatable bonds is 3. The Bertz CT molecular complexity index is 569.